The first kappa shape index (κ1) is 26.4. The van der Waals surface area contributed by atoms with Crippen LogP contribution in [-0.4, -0.2) is 17.9 Å². The Balaban J connectivity index is 1.39. The van der Waals surface area contributed by atoms with E-state index >= 15 is 0 Å². The Kier molecular flexibility index (Phi) is 8.23. The summed E-state index contributed by atoms with van der Waals surface area (Å²) in [5, 5.41) is 3.09. The highest BCUT2D eigenvalue weighted by Crippen LogP contribution is 2.43. The summed E-state index contributed by atoms with van der Waals surface area (Å²) < 4.78 is 13.5. The molecule has 1 N–H and O–H groups in total. The van der Waals surface area contributed by atoms with E-state index in [2.05, 4.69) is 17.4 Å². The van der Waals surface area contributed by atoms with Crippen LogP contribution in [0.2, 0.25) is 0 Å². The lowest BCUT2D eigenvalue weighted by Crippen LogP contribution is -2.35. The van der Waals surface area contributed by atoms with E-state index in [1.54, 1.807) is 29.2 Å². The standard InChI is InChI=1S/C33H29FN2O2S/c1-23(12-13-24-8-4-2-5-9-24)35-32(37)27-16-19-30-29(21-27)36(22-26-14-17-28(34)18-15-26)33(38)31(39-30)20-25-10-6-3-7-11-25/h2-11,14-21,23H,12-13,22H2,1H3,(H,35,37)/b31-20-/t23-/m1/s1. The van der Waals surface area contributed by atoms with E-state index in [9.17, 15) is 14.0 Å². The third kappa shape index (κ3) is 6.65. The minimum absolute atomic E-state index is 0.0135. The van der Waals surface area contributed by atoms with E-state index in [0.29, 0.717) is 16.2 Å². The molecule has 4 nitrogen and oxygen atoms in total. The number of nitrogens with zero attached hydrogens (tertiary/aromatic N) is 1. The molecule has 0 fully saturated rings. The molecule has 0 bridgehead atoms. The van der Waals surface area contributed by atoms with Crippen molar-refractivity contribution in [3.63, 3.8) is 0 Å². The molecule has 2 amide bonds. The largest absolute Gasteiger partial charge is 0.350 e. The van der Waals surface area contributed by atoms with Gasteiger partial charge in [0.15, 0.2) is 0 Å². The second kappa shape index (κ2) is 12.1. The molecule has 1 atom stereocenters. The summed E-state index contributed by atoms with van der Waals surface area (Å²) in [6.45, 7) is 2.26. The van der Waals surface area contributed by atoms with Gasteiger partial charge in [-0.05, 0) is 72.9 Å². The topological polar surface area (TPSA) is 49.4 Å². The average molecular weight is 537 g/mol. The molecule has 0 aliphatic carbocycles. The van der Waals surface area contributed by atoms with Crippen LogP contribution >= 0.6 is 11.8 Å². The first-order valence-electron chi connectivity index (χ1n) is 13.0. The number of anilines is 1. The summed E-state index contributed by atoms with van der Waals surface area (Å²) in [7, 11) is 0. The Morgan fingerprint density at radius 2 is 1.62 bits per heavy atom. The number of benzene rings is 4. The Hall–Kier alpha value is -4.16. The zero-order valence-corrected chi connectivity index (χ0v) is 22.5. The molecule has 0 spiro atoms. The SMILES string of the molecule is C[C@H](CCc1ccccc1)NC(=O)c1ccc2c(c1)N(Cc1ccc(F)cc1)C(=O)/C(=C/c1ccccc1)S2. The third-order valence-corrected chi connectivity index (χ3v) is 7.70. The summed E-state index contributed by atoms with van der Waals surface area (Å²) in [5.74, 6) is -0.665. The summed E-state index contributed by atoms with van der Waals surface area (Å²) in [5.41, 5.74) is 4.13. The fourth-order valence-corrected chi connectivity index (χ4v) is 5.53. The molecular formula is C33H29FN2O2S. The number of rotatable bonds is 8. The van der Waals surface area contributed by atoms with Crippen LogP contribution in [0.4, 0.5) is 10.1 Å². The molecule has 4 aromatic carbocycles. The molecule has 0 aromatic heterocycles. The van der Waals surface area contributed by atoms with Gasteiger partial charge in [0.2, 0.25) is 0 Å². The Labute approximate surface area is 232 Å². The van der Waals surface area contributed by atoms with Crippen molar-refractivity contribution >= 4 is 35.3 Å². The van der Waals surface area contributed by atoms with Gasteiger partial charge >= 0.3 is 0 Å². The van der Waals surface area contributed by atoms with Crippen LogP contribution in [0.3, 0.4) is 0 Å². The number of halogens is 1. The van der Waals surface area contributed by atoms with Crippen molar-refractivity contribution < 1.29 is 14.0 Å². The van der Waals surface area contributed by atoms with Crippen LogP contribution in [0.15, 0.2) is 113 Å². The van der Waals surface area contributed by atoms with Gasteiger partial charge in [-0.3, -0.25) is 9.59 Å². The predicted molar refractivity (Wildman–Crippen MR) is 156 cm³/mol. The molecule has 0 radical (unpaired) electrons. The number of hydrogen-bond acceptors (Lipinski definition) is 3. The molecule has 39 heavy (non-hydrogen) atoms. The summed E-state index contributed by atoms with van der Waals surface area (Å²) in [6, 6.07) is 31.5. The maximum absolute atomic E-state index is 13.7. The Bertz CT molecular complexity index is 1490. The molecule has 1 aliphatic rings. The van der Waals surface area contributed by atoms with E-state index in [-0.39, 0.29) is 30.2 Å². The van der Waals surface area contributed by atoms with E-state index in [1.807, 2.05) is 67.6 Å². The monoisotopic (exact) mass is 536 g/mol. The normalized spacial score (nSPS) is 14.7. The van der Waals surface area contributed by atoms with Gasteiger partial charge in [-0.25, -0.2) is 4.39 Å². The number of amides is 2. The molecule has 196 valence electrons. The fraction of sp³-hybridized carbons (Fsp3) is 0.152. The minimum Gasteiger partial charge on any atom is -0.350 e. The van der Waals surface area contributed by atoms with Gasteiger partial charge in [0.25, 0.3) is 11.8 Å². The Morgan fingerprint density at radius 3 is 2.33 bits per heavy atom. The van der Waals surface area contributed by atoms with Crippen molar-refractivity contribution in [3.8, 4) is 0 Å². The fourth-order valence-electron chi connectivity index (χ4n) is 4.49. The van der Waals surface area contributed by atoms with Crippen molar-refractivity contribution in [1.82, 2.24) is 5.32 Å². The highest BCUT2D eigenvalue weighted by molar-refractivity contribution is 8.04. The second-order valence-corrected chi connectivity index (χ2v) is 10.7. The Morgan fingerprint density at radius 1 is 0.923 bits per heavy atom. The smallest absolute Gasteiger partial charge is 0.265 e. The van der Waals surface area contributed by atoms with Gasteiger partial charge < -0.3 is 10.2 Å². The summed E-state index contributed by atoms with van der Waals surface area (Å²) >= 11 is 1.39. The van der Waals surface area contributed by atoms with E-state index in [0.717, 1.165) is 28.9 Å². The van der Waals surface area contributed by atoms with Gasteiger partial charge in [0, 0.05) is 16.5 Å². The zero-order chi connectivity index (χ0) is 27.2. The molecule has 0 saturated carbocycles. The first-order chi connectivity index (χ1) is 19.0. The van der Waals surface area contributed by atoms with Crippen LogP contribution in [-0.2, 0) is 17.8 Å². The second-order valence-electron chi connectivity index (χ2n) is 9.62. The van der Waals surface area contributed by atoms with Crippen molar-refractivity contribution in [2.24, 2.45) is 0 Å². The number of carbonyl (C=O) groups excluding carboxylic acids is 2. The number of carbonyl (C=O) groups is 2. The minimum atomic E-state index is -0.329. The van der Waals surface area contributed by atoms with Crippen LogP contribution < -0.4 is 10.2 Å². The zero-order valence-electron chi connectivity index (χ0n) is 21.6. The molecule has 6 heteroatoms. The summed E-state index contributed by atoms with van der Waals surface area (Å²) in [6.07, 6.45) is 3.57. The average Bonchev–Trinajstić information content (AvgIpc) is 2.96. The van der Waals surface area contributed by atoms with Crippen LogP contribution in [0.1, 0.15) is 40.4 Å². The summed E-state index contributed by atoms with van der Waals surface area (Å²) in [4.78, 5) is 30.0. The van der Waals surface area contributed by atoms with Gasteiger partial charge in [0.05, 0.1) is 17.1 Å². The molecule has 1 heterocycles. The lowest BCUT2D eigenvalue weighted by molar-refractivity contribution is -0.114. The lowest BCUT2D eigenvalue weighted by Gasteiger charge is -2.31. The maximum Gasteiger partial charge on any atom is 0.265 e. The molecule has 1 aliphatic heterocycles. The highest BCUT2D eigenvalue weighted by atomic mass is 32.2. The first-order valence-corrected chi connectivity index (χ1v) is 13.8. The van der Waals surface area contributed by atoms with E-state index in [4.69, 9.17) is 0 Å². The van der Waals surface area contributed by atoms with Crippen molar-refractivity contribution in [1.29, 1.82) is 0 Å². The number of hydrogen-bond donors (Lipinski definition) is 1. The molecular weight excluding hydrogens is 507 g/mol. The van der Waals surface area contributed by atoms with Gasteiger partial charge in [-0.1, -0.05) is 84.6 Å². The number of fused-ring (bicyclic) bond motifs is 1. The van der Waals surface area contributed by atoms with Crippen LogP contribution in [0.5, 0.6) is 0 Å². The van der Waals surface area contributed by atoms with Crippen molar-refractivity contribution in [3.05, 3.63) is 136 Å². The van der Waals surface area contributed by atoms with Gasteiger partial charge in [-0.2, -0.15) is 0 Å². The van der Waals surface area contributed by atoms with Crippen LogP contribution in [0.25, 0.3) is 6.08 Å². The molecule has 0 saturated heterocycles. The number of thioether (sulfide) groups is 1. The highest BCUT2D eigenvalue weighted by Gasteiger charge is 2.30. The molecule has 5 rings (SSSR count). The molecule has 0 unspecified atom stereocenters. The van der Waals surface area contributed by atoms with Crippen molar-refractivity contribution in [2.45, 2.75) is 37.2 Å². The predicted octanol–water partition coefficient (Wildman–Crippen LogP) is 7.26. The maximum atomic E-state index is 13.7. The number of nitrogens with one attached hydrogen (secondary N) is 1. The van der Waals surface area contributed by atoms with Gasteiger partial charge in [0.1, 0.15) is 5.82 Å². The van der Waals surface area contributed by atoms with Gasteiger partial charge in [-0.15, -0.1) is 0 Å². The van der Waals surface area contributed by atoms with E-state index < -0.39 is 0 Å². The van der Waals surface area contributed by atoms with E-state index in [1.165, 1.54) is 29.5 Å². The number of aryl methyl sites for hydroxylation is 1. The van der Waals surface area contributed by atoms with Crippen molar-refractivity contribution in [2.75, 3.05) is 4.90 Å². The van der Waals surface area contributed by atoms with Crippen LogP contribution in [0, 0.1) is 5.82 Å². The molecule has 4 aromatic rings. The lowest BCUT2D eigenvalue weighted by atomic mass is 10.1. The third-order valence-electron chi connectivity index (χ3n) is 6.63. The quantitative estimate of drug-likeness (QED) is 0.241.